The van der Waals surface area contributed by atoms with Crippen molar-refractivity contribution in [2.24, 2.45) is 12.8 Å². The van der Waals surface area contributed by atoms with Crippen LogP contribution in [0.25, 0.3) is 11.3 Å². The van der Waals surface area contributed by atoms with Crippen molar-refractivity contribution in [3.05, 3.63) is 65.4 Å². The number of hydrogen-bond acceptors (Lipinski definition) is 6. The highest BCUT2D eigenvalue weighted by Crippen LogP contribution is 2.36. The van der Waals surface area contributed by atoms with Crippen LogP contribution in [0.5, 0.6) is 5.75 Å². The van der Waals surface area contributed by atoms with Gasteiger partial charge in [0.15, 0.2) is 6.04 Å². The summed E-state index contributed by atoms with van der Waals surface area (Å²) >= 11 is 0. The zero-order valence-corrected chi connectivity index (χ0v) is 21.2. The third-order valence-electron chi connectivity index (χ3n) is 7.01. The number of fused-ring (bicyclic) bond motifs is 2. The Bertz CT molecular complexity index is 1490. The number of halogens is 4. The summed E-state index contributed by atoms with van der Waals surface area (Å²) in [6.45, 7) is -2.62. The Morgan fingerprint density at radius 1 is 1.20 bits per heavy atom. The molecule has 0 bridgehead atoms. The Labute approximate surface area is 225 Å². The van der Waals surface area contributed by atoms with Crippen LogP contribution in [0.15, 0.2) is 42.7 Å². The van der Waals surface area contributed by atoms with Gasteiger partial charge in [-0.2, -0.15) is 18.3 Å². The van der Waals surface area contributed by atoms with Crippen LogP contribution in [0.1, 0.15) is 29.2 Å². The molecule has 1 aliphatic heterocycles. The average molecular weight is 561 g/mol. The van der Waals surface area contributed by atoms with E-state index in [1.165, 1.54) is 6.07 Å². The number of pyridine rings is 1. The molecule has 0 unspecified atom stereocenters. The Balaban J connectivity index is 1.38. The summed E-state index contributed by atoms with van der Waals surface area (Å²) < 4.78 is 62.4. The summed E-state index contributed by atoms with van der Waals surface area (Å²) in [5.41, 5.74) is 8.01. The van der Waals surface area contributed by atoms with Crippen molar-refractivity contribution in [1.29, 1.82) is 0 Å². The van der Waals surface area contributed by atoms with Crippen molar-refractivity contribution < 1.29 is 36.7 Å². The van der Waals surface area contributed by atoms with E-state index >= 15 is 0 Å². The van der Waals surface area contributed by atoms with E-state index in [0.29, 0.717) is 33.2 Å². The number of imide groups is 1. The summed E-state index contributed by atoms with van der Waals surface area (Å²) in [7, 11) is 1.76. The monoisotopic (exact) mass is 560 g/mol. The molecule has 3 heterocycles. The number of urea groups is 1. The van der Waals surface area contributed by atoms with Crippen molar-refractivity contribution in [1.82, 2.24) is 24.6 Å². The molecule has 2 atom stereocenters. The fourth-order valence-electron chi connectivity index (χ4n) is 5.01. The minimum absolute atomic E-state index is 0.00509. The summed E-state index contributed by atoms with van der Waals surface area (Å²) in [5, 5.41) is 4.11. The third-order valence-corrected chi connectivity index (χ3v) is 7.01. The minimum Gasteiger partial charge on any atom is -0.491 e. The molecule has 2 N–H and O–H groups in total. The van der Waals surface area contributed by atoms with Crippen molar-refractivity contribution >= 4 is 17.8 Å². The van der Waals surface area contributed by atoms with Gasteiger partial charge >= 0.3 is 12.2 Å². The number of alkyl halides is 3. The molecule has 5 rings (SSSR count). The van der Waals surface area contributed by atoms with Gasteiger partial charge in [-0.1, -0.05) is 6.07 Å². The predicted molar refractivity (Wildman–Crippen MR) is 131 cm³/mol. The van der Waals surface area contributed by atoms with Gasteiger partial charge in [-0.05, 0) is 42.7 Å². The highest BCUT2D eigenvalue weighted by molar-refractivity contribution is 6.01. The van der Waals surface area contributed by atoms with Crippen LogP contribution < -0.4 is 10.5 Å². The molecule has 0 fully saturated rings. The number of primary amides is 1. The van der Waals surface area contributed by atoms with Crippen LogP contribution in [-0.2, 0) is 29.6 Å². The van der Waals surface area contributed by atoms with E-state index < -0.39 is 61.5 Å². The molecule has 2 aliphatic rings. The summed E-state index contributed by atoms with van der Waals surface area (Å²) in [4.78, 5) is 44.4. The Morgan fingerprint density at radius 2 is 1.98 bits per heavy atom. The number of ether oxygens (including phenoxy) is 1. The van der Waals surface area contributed by atoms with Gasteiger partial charge in [-0.15, -0.1) is 0 Å². The second kappa shape index (κ2) is 10.2. The molecule has 4 amide bonds. The quantitative estimate of drug-likeness (QED) is 0.490. The smallest absolute Gasteiger partial charge is 0.412 e. The number of aryl methyl sites for hydroxylation is 2. The highest BCUT2D eigenvalue weighted by Gasteiger charge is 2.48. The highest BCUT2D eigenvalue weighted by atomic mass is 19.4. The maximum Gasteiger partial charge on any atom is 0.412 e. The van der Waals surface area contributed by atoms with Gasteiger partial charge in [0, 0.05) is 30.1 Å². The molecule has 2 aromatic heterocycles. The van der Waals surface area contributed by atoms with Crippen LogP contribution in [0, 0.1) is 5.82 Å². The van der Waals surface area contributed by atoms with Crippen LogP contribution in [0.4, 0.5) is 22.4 Å². The number of hydrogen-bond donors (Lipinski definition) is 1. The first-order valence-electron chi connectivity index (χ1n) is 12.3. The van der Waals surface area contributed by atoms with E-state index in [1.807, 2.05) is 0 Å². The number of carbonyl (C=O) groups is 3. The first-order valence-corrected chi connectivity index (χ1v) is 12.3. The van der Waals surface area contributed by atoms with Crippen molar-refractivity contribution in [2.75, 3.05) is 13.2 Å². The molecule has 40 heavy (non-hydrogen) atoms. The molecule has 1 aromatic carbocycles. The SMILES string of the molecule is Cn1cc(-c2ccc3c(n2)CC[C@@H]3C(=O)N(CC(=O)N2Cc3cc(F)ccc3OC[C@H]2C(F)(F)F)C(N)=O)cn1. The lowest BCUT2D eigenvalue weighted by Crippen LogP contribution is -2.55. The van der Waals surface area contributed by atoms with E-state index in [1.54, 1.807) is 36.3 Å². The van der Waals surface area contributed by atoms with Crippen LogP contribution in [0.3, 0.4) is 0 Å². The maximum atomic E-state index is 13.9. The van der Waals surface area contributed by atoms with E-state index in [0.717, 1.165) is 17.7 Å². The van der Waals surface area contributed by atoms with Gasteiger partial charge in [-0.25, -0.2) is 9.18 Å². The normalized spacial score (nSPS) is 18.4. The minimum atomic E-state index is -4.90. The molecule has 14 heteroatoms. The maximum absolute atomic E-state index is 13.9. The average Bonchev–Trinajstić information content (AvgIpc) is 3.46. The number of nitrogens with zero attached hydrogens (tertiary/aromatic N) is 5. The van der Waals surface area contributed by atoms with Gasteiger partial charge in [0.2, 0.25) is 11.8 Å². The van der Waals surface area contributed by atoms with E-state index in [9.17, 15) is 31.9 Å². The molecule has 10 nitrogen and oxygen atoms in total. The molecular weight excluding hydrogens is 536 g/mol. The number of nitrogens with two attached hydrogens (primary N) is 1. The van der Waals surface area contributed by atoms with Gasteiger partial charge < -0.3 is 15.4 Å². The van der Waals surface area contributed by atoms with Crippen LogP contribution >= 0.6 is 0 Å². The van der Waals surface area contributed by atoms with Crippen LogP contribution in [0.2, 0.25) is 0 Å². The lowest BCUT2D eigenvalue weighted by Gasteiger charge is -2.32. The second-order valence-electron chi connectivity index (χ2n) is 9.63. The number of amides is 4. The Morgan fingerprint density at radius 3 is 2.65 bits per heavy atom. The number of carbonyl (C=O) groups excluding carboxylic acids is 3. The summed E-state index contributed by atoms with van der Waals surface area (Å²) in [6.07, 6.45) is -0.809. The van der Waals surface area contributed by atoms with Crippen molar-refractivity contribution in [2.45, 2.75) is 37.5 Å². The first-order chi connectivity index (χ1) is 18.9. The lowest BCUT2D eigenvalue weighted by molar-refractivity contribution is -0.195. The second-order valence-corrected chi connectivity index (χ2v) is 9.63. The van der Waals surface area contributed by atoms with E-state index in [2.05, 4.69) is 10.1 Å². The van der Waals surface area contributed by atoms with Crippen molar-refractivity contribution in [3.63, 3.8) is 0 Å². The molecule has 210 valence electrons. The fourth-order valence-corrected chi connectivity index (χ4v) is 5.01. The van der Waals surface area contributed by atoms with Gasteiger partial charge in [0.05, 0.1) is 24.4 Å². The lowest BCUT2D eigenvalue weighted by atomic mass is 10.0. The topological polar surface area (TPSA) is 124 Å². The van der Waals surface area contributed by atoms with Crippen LogP contribution in [-0.4, -0.2) is 67.8 Å². The molecule has 0 saturated carbocycles. The van der Waals surface area contributed by atoms with E-state index in [4.69, 9.17) is 10.5 Å². The molecule has 1 aliphatic carbocycles. The van der Waals surface area contributed by atoms with Gasteiger partial charge in [-0.3, -0.25) is 24.2 Å². The van der Waals surface area contributed by atoms with Gasteiger partial charge in [0.25, 0.3) is 0 Å². The van der Waals surface area contributed by atoms with Gasteiger partial charge in [0.1, 0.15) is 24.7 Å². The zero-order valence-electron chi connectivity index (χ0n) is 21.2. The molecule has 0 radical (unpaired) electrons. The van der Waals surface area contributed by atoms with Crippen molar-refractivity contribution in [3.8, 4) is 17.0 Å². The number of aromatic nitrogens is 3. The molecule has 3 aromatic rings. The number of benzene rings is 1. The summed E-state index contributed by atoms with van der Waals surface area (Å²) in [5.74, 6) is -3.62. The third kappa shape index (κ3) is 5.20. The largest absolute Gasteiger partial charge is 0.491 e. The molecular formula is C26H24F4N6O4. The number of rotatable bonds is 4. The standard InChI is InChI=1S/C26H24F4N6O4/c1-34-10-15(9-32-34)19-5-3-17-18(4-6-20(17)33-19)24(38)36(25(31)39)12-23(37)35-11-14-8-16(27)2-7-21(14)40-13-22(35)26(28,29)30/h2-3,5,7-10,18,22H,4,6,11-13H2,1H3,(H2,31,39)/t18-,22-/m0/s1. The van der Waals surface area contributed by atoms with E-state index in [-0.39, 0.29) is 17.7 Å². The fraction of sp³-hybridized carbons (Fsp3) is 0.346. The zero-order chi connectivity index (χ0) is 28.8. The first kappa shape index (κ1) is 27.1. The predicted octanol–water partition coefficient (Wildman–Crippen LogP) is 2.91. The Kier molecular flexibility index (Phi) is 6.94. The molecule has 0 spiro atoms. The Hall–Kier alpha value is -4.49. The summed E-state index contributed by atoms with van der Waals surface area (Å²) in [6, 6.07) is 2.88. The molecule has 0 saturated heterocycles.